The Bertz CT molecular complexity index is 368. The van der Waals surface area contributed by atoms with Crippen molar-refractivity contribution in [1.29, 1.82) is 0 Å². The van der Waals surface area contributed by atoms with E-state index < -0.39 is 0 Å². The van der Waals surface area contributed by atoms with Crippen molar-refractivity contribution >= 4 is 5.91 Å². The van der Waals surface area contributed by atoms with Crippen LogP contribution in [-0.2, 0) is 4.79 Å². The molecule has 2 aliphatic heterocycles. The Labute approximate surface area is 149 Å². The summed E-state index contributed by atoms with van der Waals surface area (Å²) in [5.41, 5.74) is 0. The molecule has 0 aromatic carbocycles. The highest BCUT2D eigenvalue weighted by molar-refractivity contribution is 5.78. The fourth-order valence-electron chi connectivity index (χ4n) is 4.40. The molecular formula is C20H39N3O. The molecule has 0 aromatic heterocycles. The van der Waals surface area contributed by atoms with E-state index >= 15 is 0 Å². The summed E-state index contributed by atoms with van der Waals surface area (Å²) in [6.45, 7) is 13.9. The first-order valence-corrected chi connectivity index (χ1v) is 10.4. The summed E-state index contributed by atoms with van der Waals surface area (Å²) in [4.78, 5) is 19.8. The smallest absolute Gasteiger partial charge is 0.236 e. The van der Waals surface area contributed by atoms with Crippen molar-refractivity contribution in [3.63, 3.8) is 0 Å². The Morgan fingerprint density at radius 3 is 2.46 bits per heavy atom. The van der Waals surface area contributed by atoms with Gasteiger partial charge in [-0.25, -0.2) is 0 Å². The molecule has 4 nitrogen and oxygen atoms in total. The van der Waals surface area contributed by atoms with Crippen LogP contribution in [0.4, 0.5) is 0 Å². The van der Waals surface area contributed by atoms with Gasteiger partial charge in [-0.15, -0.1) is 0 Å². The van der Waals surface area contributed by atoms with Crippen LogP contribution in [0.5, 0.6) is 0 Å². The van der Waals surface area contributed by atoms with Crippen molar-refractivity contribution in [2.45, 2.75) is 71.8 Å². The predicted molar refractivity (Wildman–Crippen MR) is 101 cm³/mol. The van der Waals surface area contributed by atoms with E-state index in [2.05, 4.69) is 35.5 Å². The van der Waals surface area contributed by atoms with Crippen molar-refractivity contribution in [2.24, 2.45) is 5.92 Å². The van der Waals surface area contributed by atoms with Gasteiger partial charge >= 0.3 is 0 Å². The number of amides is 1. The second-order valence-corrected chi connectivity index (χ2v) is 7.96. The summed E-state index contributed by atoms with van der Waals surface area (Å²) in [6, 6.07) is 0.750. The average Bonchev–Trinajstić information content (AvgIpc) is 2.57. The highest BCUT2D eigenvalue weighted by Crippen LogP contribution is 2.22. The molecular weight excluding hydrogens is 298 g/mol. The standard InChI is InChI=1S/C20H39N3O/c1-4-11-22(12-5-2)20(24)17-21-13-8-10-19(15-21)16-23-14-7-6-9-18(23)3/h18-19H,4-17H2,1-3H3. The predicted octanol–water partition coefficient (Wildman–Crippen LogP) is 3.22. The van der Waals surface area contributed by atoms with Crippen LogP contribution in [0.3, 0.4) is 0 Å². The molecule has 0 radical (unpaired) electrons. The first-order chi connectivity index (χ1) is 11.6. The van der Waals surface area contributed by atoms with Crippen LogP contribution in [0.1, 0.15) is 65.7 Å². The van der Waals surface area contributed by atoms with Crippen LogP contribution in [0.25, 0.3) is 0 Å². The third-order valence-corrected chi connectivity index (χ3v) is 5.74. The van der Waals surface area contributed by atoms with Crippen LogP contribution in [0, 0.1) is 5.92 Å². The maximum atomic E-state index is 12.6. The maximum absolute atomic E-state index is 12.6. The van der Waals surface area contributed by atoms with Crippen molar-refractivity contribution < 1.29 is 4.79 Å². The lowest BCUT2D eigenvalue weighted by Crippen LogP contribution is -2.48. The average molecular weight is 338 g/mol. The summed E-state index contributed by atoms with van der Waals surface area (Å²) >= 11 is 0. The van der Waals surface area contributed by atoms with Crippen LogP contribution in [0.15, 0.2) is 0 Å². The summed E-state index contributed by atoms with van der Waals surface area (Å²) < 4.78 is 0. The molecule has 0 N–H and O–H groups in total. The minimum atomic E-state index is 0.339. The molecule has 2 rings (SSSR count). The SMILES string of the molecule is CCCN(CCC)C(=O)CN1CCCC(CN2CCCCC2C)C1. The van der Waals surface area contributed by atoms with Gasteiger partial charge in [0.05, 0.1) is 6.54 Å². The molecule has 0 bridgehead atoms. The Morgan fingerprint density at radius 2 is 1.79 bits per heavy atom. The van der Waals surface area contributed by atoms with Gasteiger partial charge in [-0.3, -0.25) is 9.69 Å². The molecule has 140 valence electrons. The van der Waals surface area contributed by atoms with Gasteiger partial charge in [-0.05, 0) is 64.5 Å². The summed E-state index contributed by atoms with van der Waals surface area (Å²) in [5, 5.41) is 0. The molecule has 1 amide bonds. The Morgan fingerprint density at radius 1 is 1.04 bits per heavy atom. The van der Waals surface area contributed by atoms with E-state index in [0.29, 0.717) is 12.5 Å². The zero-order valence-electron chi connectivity index (χ0n) is 16.3. The molecule has 0 aliphatic carbocycles. The molecule has 2 fully saturated rings. The van der Waals surface area contributed by atoms with Gasteiger partial charge in [-0.2, -0.15) is 0 Å². The largest absolute Gasteiger partial charge is 0.342 e. The fraction of sp³-hybridized carbons (Fsp3) is 0.950. The van der Waals surface area contributed by atoms with Gasteiger partial charge < -0.3 is 9.80 Å². The maximum Gasteiger partial charge on any atom is 0.236 e. The summed E-state index contributed by atoms with van der Waals surface area (Å²) in [6.07, 6.45) is 8.82. The molecule has 0 saturated carbocycles. The van der Waals surface area contributed by atoms with Gasteiger partial charge in [0.25, 0.3) is 0 Å². The van der Waals surface area contributed by atoms with E-state index in [1.54, 1.807) is 0 Å². The van der Waals surface area contributed by atoms with Gasteiger partial charge in [0.1, 0.15) is 0 Å². The number of carbonyl (C=O) groups is 1. The van der Waals surface area contributed by atoms with E-state index in [1.165, 1.54) is 45.2 Å². The molecule has 2 heterocycles. The molecule has 2 unspecified atom stereocenters. The molecule has 0 spiro atoms. The lowest BCUT2D eigenvalue weighted by atomic mass is 9.95. The lowest BCUT2D eigenvalue weighted by molar-refractivity contribution is -0.133. The van der Waals surface area contributed by atoms with Crippen molar-refractivity contribution in [1.82, 2.24) is 14.7 Å². The quantitative estimate of drug-likeness (QED) is 0.680. The van der Waals surface area contributed by atoms with Gasteiger partial charge in [0.15, 0.2) is 0 Å². The molecule has 24 heavy (non-hydrogen) atoms. The van der Waals surface area contributed by atoms with Crippen molar-refractivity contribution in [2.75, 3.05) is 45.8 Å². The monoisotopic (exact) mass is 337 g/mol. The van der Waals surface area contributed by atoms with E-state index in [0.717, 1.165) is 51.0 Å². The summed E-state index contributed by atoms with van der Waals surface area (Å²) in [5.74, 6) is 1.09. The zero-order valence-corrected chi connectivity index (χ0v) is 16.3. The number of nitrogens with zero attached hydrogens (tertiary/aromatic N) is 3. The van der Waals surface area contributed by atoms with Crippen LogP contribution >= 0.6 is 0 Å². The minimum Gasteiger partial charge on any atom is -0.342 e. The highest BCUT2D eigenvalue weighted by atomic mass is 16.2. The van der Waals surface area contributed by atoms with Crippen LogP contribution in [-0.4, -0.2) is 72.5 Å². The first-order valence-electron chi connectivity index (χ1n) is 10.4. The minimum absolute atomic E-state index is 0.339. The van der Waals surface area contributed by atoms with E-state index in [9.17, 15) is 4.79 Å². The Hall–Kier alpha value is -0.610. The first kappa shape index (κ1) is 19.7. The molecule has 2 atom stereocenters. The Balaban J connectivity index is 1.80. The number of hydrogen-bond acceptors (Lipinski definition) is 3. The third kappa shape index (κ3) is 6.03. The van der Waals surface area contributed by atoms with Crippen LogP contribution in [0.2, 0.25) is 0 Å². The number of rotatable bonds is 8. The van der Waals surface area contributed by atoms with Crippen molar-refractivity contribution in [3.8, 4) is 0 Å². The molecule has 2 saturated heterocycles. The van der Waals surface area contributed by atoms with E-state index in [4.69, 9.17) is 0 Å². The number of hydrogen-bond donors (Lipinski definition) is 0. The van der Waals surface area contributed by atoms with Gasteiger partial charge in [0.2, 0.25) is 5.91 Å². The zero-order chi connectivity index (χ0) is 17.4. The van der Waals surface area contributed by atoms with Gasteiger partial charge in [-0.1, -0.05) is 20.3 Å². The molecule has 4 heteroatoms. The van der Waals surface area contributed by atoms with Gasteiger partial charge in [0, 0.05) is 32.2 Å². The fourth-order valence-corrected chi connectivity index (χ4v) is 4.40. The second-order valence-electron chi connectivity index (χ2n) is 7.96. The highest BCUT2D eigenvalue weighted by Gasteiger charge is 2.27. The normalized spacial score (nSPS) is 26.5. The van der Waals surface area contributed by atoms with Crippen LogP contribution < -0.4 is 0 Å². The van der Waals surface area contributed by atoms with E-state index in [1.807, 2.05) is 0 Å². The van der Waals surface area contributed by atoms with E-state index in [-0.39, 0.29) is 0 Å². The number of piperidine rings is 2. The Kier molecular flexibility index (Phi) is 8.54. The topological polar surface area (TPSA) is 26.8 Å². The van der Waals surface area contributed by atoms with Crippen molar-refractivity contribution in [3.05, 3.63) is 0 Å². The second kappa shape index (κ2) is 10.4. The third-order valence-electron chi connectivity index (χ3n) is 5.74. The molecule has 0 aromatic rings. The number of likely N-dealkylation sites (tertiary alicyclic amines) is 2. The number of carbonyl (C=O) groups excluding carboxylic acids is 1. The molecule has 2 aliphatic rings. The summed E-state index contributed by atoms with van der Waals surface area (Å²) in [7, 11) is 0. The lowest BCUT2D eigenvalue weighted by Gasteiger charge is -2.39.